The summed E-state index contributed by atoms with van der Waals surface area (Å²) in [5, 5.41) is 8.75. The molecule has 7 heteroatoms. The minimum Gasteiger partial charge on any atom is -0.360 e. The molecule has 7 nitrogen and oxygen atoms in total. The molecule has 0 aliphatic carbocycles. The number of para-hydroxylation sites is 2. The Bertz CT molecular complexity index is 1510. The summed E-state index contributed by atoms with van der Waals surface area (Å²) in [6.45, 7) is 7.76. The van der Waals surface area contributed by atoms with Gasteiger partial charge >= 0.3 is 0 Å². The minimum absolute atomic E-state index is 0.0690. The highest BCUT2D eigenvalue weighted by Crippen LogP contribution is 2.26. The third-order valence-electron chi connectivity index (χ3n) is 5.80. The van der Waals surface area contributed by atoms with Crippen LogP contribution in [0.4, 0.5) is 0 Å². The van der Waals surface area contributed by atoms with Crippen molar-refractivity contribution in [3.8, 4) is 5.82 Å². The molecule has 5 rings (SSSR count). The van der Waals surface area contributed by atoms with Gasteiger partial charge in [0.15, 0.2) is 11.6 Å². The van der Waals surface area contributed by atoms with Gasteiger partial charge in [0.2, 0.25) is 0 Å². The fraction of sp³-hybridized carbons (Fsp3) is 0.208. The van der Waals surface area contributed by atoms with E-state index in [2.05, 4.69) is 10.3 Å². The van der Waals surface area contributed by atoms with Gasteiger partial charge in [0.05, 0.1) is 22.3 Å². The highest BCUT2D eigenvalue weighted by Gasteiger charge is 2.21. The van der Waals surface area contributed by atoms with Crippen molar-refractivity contribution in [3.05, 3.63) is 76.4 Å². The van der Waals surface area contributed by atoms with Crippen molar-refractivity contribution in [2.24, 2.45) is 7.05 Å². The number of carbonyl (C=O) groups excluding carboxylic acids is 1. The first-order chi connectivity index (χ1) is 14.9. The summed E-state index contributed by atoms with van der Waals surface area (Å²) >= 11 is 0. The Morgan fingerprint density at radius 1 is 1.06 bits per heavy atom. The van der Waals surface area contributed by atoms with Crippen molar-refractivity contribution in [2.45, 2.75) is 27.7 Å². The van der Waals surface area contributed by atoms with Crippen molar-refractivity contribution in [2.75, 3.05) is 0 Å². The van der Waals surface area contributed by atoms with Crippen LogP contribution in [0.15, 0.2) is 47.0 Å². The van der Waals surface area contributed by atoms with Gasteiger partial charge in [-0.15, -0.1) is 0 Å². The number of benzene rings is 1. The number of carbonyl (C=O) groups is 1. The molecule has 0 atom stereocenters. The molecule has 0 saturated carbocycles. The van der Waals surface area contributed by atoms with E-state index in [1.165, 1.54) is 0 Å². The number of imidazole rings is 1. The topological polar surface area (TPSA) is 70.3 Å². The number of ketones is 1. The highest BCUT2D eigenvalue weighted by atomic mass is 16.5. The molecule has 0 spiro atoms. The monoisotopic (exact) mass is 413 g/mol. The van der Waals surface area contributed by atoms with Crippen molar-refractivity contribution >= 4 is 28.5 Å². The Kier molecular flexibility index (Phi) is 4.22. The number of aromatic nitrogens is 5. The van der Waals surface area contributed by atoms with Crippen molar-refractivity contribution in [3.63, 3.8) is 0 Å². The van der Waals surface area contributed by atoms with Crippen LogP contribution in [-0.4, -0.2) is 29.7 Å². The molecule has 0 unspecified atom stereocenters. The van der Waals surface area contributed by atoms with Gasteiger partial charge in [-0.3, -0.25) is 9.36 Å². The van der Waals surface area contributed by atoms with E-state index in [4.69, 9.17) is 4.52 Å². The lowest BCUT2D eigenvalue weighted by molar-refractivity contribution is 0.104. The van der Waals surface area contributed by atoms with E-state index in [0.717, 1.165) is 50.9 Å². The van der Waals surface area contributed by atoms with E-state index in [1.54, 1.807) is 6.08 Å². The first-order valence-corrected chi connectivity index (χ1v) is 10.1. The number of allylic oxidation sites excluding steroid dienone is 1. The number of nitrogens with zero attached hydrogens (tertiary/aromatic N) is 5. The van der Waals surface area contributed by atoms with Crippen LogP contribution >= 0.6 is 0 Å². The molecule has 0 saturated heterocycles. The summed E-state index contributed by atoms with van der Waals surface area (Å²) in [6.07, 6.45) is 3.49. The number of rotatable bonds is 4. The third-order valence-corrected chi connectivity index (χ3v) is 5.80. The lowest BCUT2D eigenvalue weighted by Crippen LogP contribution is -2.00. The zero-order valence-corrected chi connectivity index (χ0v) is 18.2. The van der Waals surface area contributed by atoms with Crippen molar-refractivity contribution in [1.82, 2.24) is 23.9 Å². The summed E-state index contributed by atoms with van der Waals surface area (Å²) in [7, 11) is 1.97. The number of hydrogen-bond acceptors (Lipinski definition) is 4. The summed E-state index contributed by atoms with van der Waals surface area (Å²) in [4.78, 5) is 13.2. The molecular formula is C24H23N5O2. The molecule has 0 aliphatic rings. The van der Waals surface area contributed by atoms with E-state index < -0.39 is 0 Å². The third kappa shape index (κ3) is 2.84. The van der Waals surface area contributed by atoms with Gasteiger partial charge in [-0.25, -0.2) is 4.52 Å². The fourth-order valence-electron chi connectivity index (χ4n) is 4.34. The highest BCUT2D eigenvalue weighted by molar-refractivity contribution is 6.12. The summed E-state index contributed by atoms with van der Waals surface area (Å²) in [5.74, 6) is 1.43. The van der Waals surface area contributed by atoms with Gasteiger partial charge in [-0.2, -0.15) is 5.10 Å². The molecule has 4 aromatic heterocycles. The normalized spacial score (nSPS) is 12.0. The molecule has 0 bridgehead atoms. The maximum Gasteiger partial charge on any atom is 0.191 e. The lowest BCUT2D eigenvalue weighted by atomic mass is 10.1. The van der Waals surface area contributed by atoms with Crippen LogP contribution in [0.2, 0.25) is 0 Å². The zero-order chi connectivity index (χ0) is 21.9. The van der Waals surface area contributed by atoms with Crippen LogP contribution in [0, 0.1) is 27.7 Å². The predicted octanol–water partition coefficient (Wildman–Crippen LogP) is 4.73. The number of hydrogen-bond donors (Lipinski definition) is 0. The Balaban J connectivity index is 1.56. The predicted molar refractivity (Wildman–Crippen MR) is 120 cm³/mol. The van der Waals surface area contributed by atoms with Crippen LogP contribution < -0.4 is 0 Å². The second-order valence-corrected chi connectivity index (χ2v) is 7.90. The lowest BCUT2D eigenvalue weighted by Gasteiger charge is -2.04. The number of fused-ring (bicyclic) bond motifs is 3. The molecular weight excluding hydrogens is 390 g/mol. The first kappa shape index (κ1) is 19.1. The van der Waals surface area contributed by atoms with Gasteiger partial charge in [0.25, 0.3) is 0 Å². The average Bonchev–Trinajstić information content (AvgIpc) is 3.45. The van der Waals surface area contributed by atoms with E-state index in [-0.39, 0.29) is 5.78 Å². The van der Waals surface area contributed by atoms with Crippen molar-refractivity contribution in [1.29, 1.82) is 0 Å². The van der Waals surface area contributed by atoms with Gasteiger partial charge in [-0.05, 0) is 63.6 Å². The molecule has 156 valence electrons. The Morgan fingerprint density at radius 2 is 1.81 bits per heavy atom. The number of aryl methyl sites for hydroxylation is 4. The summed E-state index contributed by atoms with van der Waals surface area (Å²) in [5.41, 5.74) is 7.14. The van der Waals surface area contributed by atoms with Crippen molar-refractivity contribution < 1.29 is 9.32 Å². The van der Waals surface area contributed by atoms with E-state index >= 15 is 0 Å². The van der Waals surface area contributed by atoms with Gasteiger partial charge in [0, 0.05) is 24.5 Å². The molecule has 0 radical (unpaired) electrons. The Labute approximate surface area is 179 Å². The molecule has 4 heterocycles. The molecule has 0 aliphatic heterocycles. The zero-order valence-electron chi connectivity index (χ0n) is 18.2. The maximum atomic E-state index is 13.2. The molecule has 0 amide bonds. The Hall–Kier alpha value is -3.87. The molecule has 5 aromatic rings. The molecule has 0 fully saturated rings. The summed E-state index contributed by atoms with van der Waals surface area (Å²) < 4.78 is 11.1. The van der Waals surface area contributed by atoms with Gasteiger partial charge in [-0.1, -0.05) is 17.3 Å². The van der Waals surface area contributed by atoms with Crippen LogP contribution in [-0.2, 0) is 7.05 Å². The van der Waals surface area contributed by atoms with Crippen LogP contribution in [0.3, 0.4) is 0 Å². The smallest absolute Gasteiger partial charge is 0.191 e. The summed E-state index contributed by atoms with van der Waals surface area (Å²) in [6, 6.07) is 11.9. The van der Waals surface area contributed by atoms with Crippen LogP contribution in [0.5, 0.6) is 0 Å². The molecule has 31 heavy (non-hydrogen) atoms. The van der Waals surface area contributed by atoms with E-state index in [9.17, 15) is 4.79 Å². The minimum atomic E-state index is -0.0690. The second-order valence-electron chi connectivity index (χ2n) is 7.90. The van der Waals surface area contributed by atoms with Gasteiger partial charge < -0.3 is 9.09 Å². The SMILES string of the molecule is Cc1cc(-n2c(C)cc(/C=C/C(=O)c3c(C)nn4c5ccccc5n(C)c34)c2C)no1. The second kappa shape index (κ2) is 6.84. The molecule has 0 N–H and O–H groups in total. The standard InChI is InChI=1S/C24H23N5O2/c1-14-12-18(17(4)28(14)22-13-15(2)31-26-22)10-11-21(30)23-16(3)25-29-20-9-7-6-8-19(20)27(5)24(23)29/h6-13H,1-5H3/b11-10+. The van der Waals surface area contributed by atoms with E-state index in [0.29, 0.717) is 5.56 Å². The van der Waals surface area contributed by atoms with Crippen LogP contribution in [0.25, 0.3) is 28.6 Å². The van der Waals surface area contributed by atoms with E-state index in [1.807, 2.05) is 90.9 Å². The quantitative estimate of drug-likeness (QED) is 0.315. The largest absolute Gasteiger partial charge is 0.360 e. The van der Waals surface area contributed by atoms with Gasteiger partial charge in [0.1, 0.15) is 11.4 Å². The molecule has 1 aromatic carbocycles. The fourth-order valence-corrected chi connectivity index (χ4v) is 4.34. The average molecular weight is 413 g/mol. The van der Waals surface area contributed by atoms with Crippen LogP contribution in [0.1, 0.15) is 38.8 Å². The first-order valence-electron chi connectivity index (χ1n) is 10.1. The Morgan fingerprint density at radius 3 is 2.52 bits per heavy atom. The maximum absolute atomic E-state index is 13.2.